The quantitative estimate of drug-likeness (QED) is 0.760. The third-order valence-electron chi connectivity index (χ3n) is 5.52. The van der Waals surface area contributed by atoms with Gasteiger partial charge in [0.25, 0.3) is 0 Å². The first-order valence-corrected chi connectivity index (χ1v) is 9.96. The van der Waals surface area contributed by atoms with Gasteiger partial charge in [-0.1, -0.05) is 13.8 Å². The van der Waals surface area contributed by atoms with Crippen LogP contribution in [0.3, 0.4) is 0 Å². The summed E-state index contributed by atoms with van der Waals surface area (Å²) < 4.78 is 10.8. The Kier molecular flexibility index (Phi) is 6.60. The van der Waals surface area contributed by atoms with Gasteiger partial charge in [-0.15, -0.1) is 0 Å². The number of methoxy groups -OCH3 is 2. The molecule has 1 amide bonds. The molecule has 0 unspecified atom stereocenters. The van der Waals surface area contributed by atoms with E-state index in [9.17, 15) is 4.79 Å². The predicted molar refractivity (Wildman–Crippen MR) is 106 cm³/mol. The number of fused-ring (bicyclic) bond motifs is 1. The van der Waals surface area contributed by atoms with Crippen LogP contribution < -0.4 is 9.47 Å². The minimum absolute atomic E-state index is 0.229. The first-order chi connectivity index (χ1) is 13.0. The molecule has 0 radical (unpaired) electrons. The molecule has 1 aromatic rings. The van der Waals surface area contributed by atoms with E-state index >= 15 is 0 Å². The normalized spacial score (nSPS) is 18.5. The van der Waals surface area contributed by atoms with E-state index in [-0.39, 0.29) is 5.91 Å². The lowest BCUT2D eigenvalue weighted by molar-refractivity contribution is -0.133. The van der Waals surface area contributed by atoms with Crippen LogP contribution in [0, 0.1) is 5.92 Å². The van der Waals surface area contributed by atoms with Crippen molar-refractivity contribution in [2.24, 2.45) is 5.92 Å². The van der Waals surface area contributed by atoms with Crippen molar-refractivity contribution >= 4 is 5.91 Å². The van der Waals surface area contributed by atoms with Crippen molar-refractivity contribution in [3.8, 4) is 11.5 Å². The zero-order valence-corrected chi connectivity index (χ0v) is 17.2. The van der Waals surface area contributed by atoms with Gasteiger partial charge in [-0.2, -0.15) is 0 Å². The second kappa shape index (κ2) is 8.93. The standard InChI is InChI=1S/C21H33N3O3/c1-16(2)13-22-7-9-23(10-8-22)15-21(25)24-6-5-17-11-19(26-3)20(27-4)12-18(17)14-24/h11-12,16H,5-10,13-15H2,1-4H3. The zero-order chi connectivity index (χ0) is 19.4. The van der Waals surface area contributed by atoms with Gasteiger partial charge in [0.2, 0.25) is 5.91 Å². The molecule has 2 aliphatic rings. The molecule has 1 fully saturated rings. The summed E-state index contributed by atoms with van der Waals surface area (Å²) in [7, 11) is 3.30. The molecular weight excluding hydrogens is 342 g/mol. The van der Waals surface area contributed by atoms with Gasteiger partial charge in [-0.05, 0) is 35.6 Å². The SMILES string of the molecule is COc1cc2c(cc1OC)CN(C(=O)CN1CCN(CC(C)C)CC1)CC2. The smallest absolute Gasteiger partial charge is 0.237 e. The monoisotopic (exact) mass is 375 g/mol. The fourth-order valence-corrected chi connectivity index (χ4v) is 4.03. The molecule has 0 spiro atoms. The summed E-state index contributed by atoms with van der Waals surface area (Å²) >= 11 is 0. The van der Waals surface area contributed by atoms with E-state index in [0.717, 1.165) is 62.8 Å². The Morgan fingerprint density at radius 2 is 1.56 bits per heavy atom. The van der Waals surface area contributed by atoms with Crippen LogP contribution in [-0.2, 0) is 17.8 Å². The van der Waals surface area contributed by atoms with Crippen molar-refractivity contribution in [2.45, 2.75) is 26.8 Å². The number of amides is 1. The van der Waals surface area contributed by atoms with Gasteiger partial charge in [0.15, 0.2) is 11.5 Å². The van der Waals surface area contributed by atoms with E-state index in [0.29, 0.717) is 19.0 Å². The van der Waals surface area contributed by atoms with Crippen molar-refractivity contribution in [2.75, 3.05) is 60.0 Å². The molecule has 3 rings (SSSR count). The van der Waals surface area contributed by atoms with Crippen LogP contribution in [0.2, 0.25) is 0 Å². The Morgan fingerprint density at radius 3 is 2.15 bits per heavy atom. The maximum absolute atomic E-state index is 12.8. The molecular formula is C21H33N3O3. The predicted octanol–water partition coefficient (Wildman–Crippen LogP) is 1.86. The van der Waals surface area contributed by atoms with Gasteiger partial charge in [0, 0.05) is 45.8 Å². The number of piperazine rings is 1. The van der Waals surface area contributed by atoms with E-state index in [1.54, 1.807) is 14.2 Å². The van der Waals surface area contributed by atoms with Gasteiger partial charge in [0.1, 0.15) is 0 Å². The Balaban J connectivity index is 1.55. The number of ether oxygens (including phenoxy) is 2. The molecule has 1 aromatic carbocycles. The number of hydrogen-bond donors (Lipinski definition) is 0. The first-order valence-electron chi connectivity index (χ1n) is 9.96. The third-order valence-corrected chi connectivity index (χ3v) is 5.52. The molecule has 27 heavy (non-hydrogen) atoms. The molecule has 0 N–H and O–H groups in total. The summed E-state index contributed by atoms with van der Waals surface area (Å²) in [5, 5.41) is 0. The Labute approximate surface area is 163 Å². The lowest BCUT2D eigenvalue weighted by Gasteiger charge is -2.37. The van der Waals surface area contributed by atoms with Crippen LogP contribution in [0.25, 0.3) is 0 Å². The molecule has 150 valence electrons. The highest BCUT2D eigenvalue weighted by molar-refractivity contribution is 5.78. The highest BCUT2D eigenvalue weighted by atomic mass is 16.5. The van der Waals surface area contributed by atoms with E-state index in [1.807, 2.05) is 17.0 Å². The summed E-state index contributed by atoms with van der Waals surface area (Å²) in [5.74, 6) is 2.41. The van der Waals surface area contributed by atoms with Crippen LogP contribution in [0.15, 0.2) is 12.1 Å². The molecule has 0 aliphatic carbocycles. The molecule has 6 heteroatoms. The van der Waals surface area contributed by atoms with Crippen molar-refractivity contribution in [3.63, 3.8) is 0 Å². The van der Waals surface area contributed by atoms with Gasteiger partial charge in [-0.3, -0.25) is 9.69 Å². The molecule has 6 nitrogen and oxygen atoms in total. The molecule has 2 aliphatic heterocycles. The topological polar surface area (TPSA) is 45.3 Å². The van der Waals surface area contributed by atoms with Crippen molar-refractivity contribution in [1.29, 1.82) is 0 Å². The lowest BCUT2D eigenvalue weighted by atomic mass is 9.98. The van der Waals surface area contributed by atoms with Gasteiger partial charge in [0.05, 0.1) is 20.8 Å². The lowest BCUT2D eigenvalue weighted by Crippen LogP contribution is -2.51. The molecule has 0 aromatic heterocycles. The summed E-state index contributed by atoms with van der Waals surface area (Å²) in [6.45, 7) is 11.7. The average Bonchev–Trinajstić information content (AvgIpc) is 2.67. The fourth-order valence-electron chi connectivity index (χ4n) is 4.03. The van der Waals surface area contributed by atoms with Crippen molar-refractivity contribution in [3.05, 3.63) is 23.3 Å². The van der Waals surface area contributed by atoms with Crippen molar-refractivity contribution in [1.82, 2.24) is 14.7 Å². The van der Waals surface area contributed by atoms with Gasteiger partial charge >= 0.3 is 0 Å². The average molecular weight is 376 g/mol. The maximum Gasteiger partial charge on any atom is 0.237 e. The minimum atomic E-state index is 0.229. The van der Waals surface area contributed by atoms with E-state index in [4.69, 9.17) is 9.47 Å². The summed E-state index contributed by atoms with van der Waals surface area (Å²) in [6.07, 6.45) is 0.865. The second-order valence-corrected chi connectivity index (χ2v) is 8.01. The van der Waals surface area contributed by atoms with Crippen LogP contribution in [0.4, 0.5) is 0 Å². The Morgan fingerprint density at radius 1 is 0.963 bits per heavy atom. The van der Waals surface area contributed by atoms with E-state index in [2.05, 4.69) is 23.6 Å². The van der Waals surface area contributed by atoms with E-state index < -0.39 is 0 Å². The van der Waals surface area contributed by atoms with Crippen LogP contribution in [0.1, 0.15) is 25.0 Å². The minimum Gasteiger partial charge on any atom is -0.493 e. The molecule has 1 saturated heterocycles. The van der Waals surface area contributed by atoms with Crippen LogP contribution in [0.5, 0.6) is 11.5 Å². The van der Waals surface area contributed by atoms with Gasteiger partial charge in [-0.25, -0.2) is 0 Å². The van der Waals surface area contributed by atoms with Gasteiger partial charge < -0.3 is 19.3 Å². The molecule has 0 saturated carbocycles. The molecule has 0 bridgehead atoms. The number of carbonyl (C=O) groups excluding carboxylic acids is 1. The van der Waals surface area contributed by atoms with Crippen LogP contribution in [-0.4, -0.2) is 80.6 Å². The summed E-state index contributed by atoms with van der Waals surface area (Å²) in [6, 6.07) is 4.06. The molecule has 2 heterocycles. The summed E-state index contributed by atoms with van der Waals surface area (Å²) in [5.41, 5.74) is 2.41. The maximum atomic E-state index is 12.8. The number of hydrogen-bond acceptors (Lipinski definition) is 5. The third kappa shape index (κ3) is 4.93. The number of rotatable bonds is 6. The van der Waals surface area contributed by atoms with Crippen molar-refractivity contribution < 1.29 is 14.3 Å². The Hall–Kier alpha value is -1.79. The first kappa shape index (κ1) is 20.0. The molecule has 0 atom stereocenters. The number of carbonyl (C=O) groups is 1. The van der Waals surface area contributed by atoms with E-state index in [1.165, 1.54) is 5.56 Å². The Bertz CT molecular complexity index is 654. The highest BCUT2D eigenvalue weighted by Crippen LogP contribution is 2.33. The fraction of sp³-hybridized carbons (Fsp3) is 0.667. The number of benzene rings is 1. The number of nitrogens with zero attached hydrogens (tertiary/aromatic N) is 3. The highest BCUT2D eigenvalue weighted by Gasteiger charge is 2.25. The van der Waals surface area contributed by atoms with Crippen LogP contribution >= 0.6 is 0 Å². The summed E-state index contributed by atoms with van der Waals surface area (Å²) in [4.78, 5) is 19.6. The second-order valence-electron chi connectivity index (χ2n) is 8.01. The zero-order valence-electron chi connectivity index (χ0n) is 17.2. The largest absolute Gasteiger partial charge is 0.493 e.